The molecule has 1 aliphatic heterocycles. The van der Waals surface area contributed by atoms with Gasteiger partial charge in [0.05, 0.1) is 0 Å². The van der Waals surface area contributed by atoms with E-state index >= 15 is 0 Å². The lowest BCUT2D eigenvalue weighted by Gasteiger charge is -2.25. The maximum atomic E-state index is 12.2. The van der Waals surface area contributed by atoms with E-state index in [2.05, 4.69) is 20.4 Å². The lowest BCUT2D eigenvalue weighted by Crippen LogP contribution is -2.42. The minimum atomic E-state index is 0. The van der Waals surface area contributed by atoms with Crippen LogP contribution in [0.2, 0.25) is 0 Å². The number of amides is 1. The number of nitrogens with one attached hydrogen (secondary N) is 1. The number of halogens is 2. The summed E-state index contributed by atoms with van der Waals surface area (Å²) in [7, 11) is 0. The van der Waals surface area contributed by atoms with E-state index < -0.39 is 0 Å². The van der Waals surface area contributed by atoms with Crippen LogP contribution < -0.4 is 16.0 Å². The second-order valence-electron chi connectivity index (χ2n) is 6.09. The fourth-order valence-corrected chi connectivity index (χ4v) is 3.41. The number of hydrogen-bond donors (Lipinski definition) is 2. The van der Waals surface area contributed by atoms with Gasteiger partial charge in [0.2, 0.25) is 5.91 Å². The summed E-state index contributed by atoms with van der Waals surface area (Å²) in [4.78, 5) is 14.4. The summed E-state index contributed by atoms with van der Waals surface area (Å²) in [6, 6.07) is 4.39. The van der Waals surface area contributed by atoms with Crippen LogP contribution in [0.3, 0.4) is 0 Å². The Hall–Kier alpha value is -1.11. The zero-order chi connectivity index (χ0) is 14.7. The lowest BCUT2D eigenvalue weighted by atomic mass is 10.1. The molecule has 1 aromatic heterocycles. The molecule has 130 valence electrons. The molecule has 1 saturated carbocycles. The lowest BCUT2D eigenvalue weighted by molar-refractivity contribution is -0.124. The molecule has 0 spiro atoms. The second kappa shape index (κ2) is 9.25. The van der Waals surface area contributed by atoms with Gasteiger partial charge < -0.3 is 16.0 Å². The molecule has 2 aliphatic rings. The molecule has 0 bridgehead atoms. The number of carbonyl (C=O) groups is 1. The van der Waals surface area contributed by atoms with Crippen molar-refractivity contribution in [1.29, 1.82) is 0 Å². The Kier molecular flexibility index (Phi) is 8.02. The molecule has 1 aliphatic carbocycles. The van der Waals surface area contributed by atoms with Crippen LogP contribution in [-0.2, 0) is 4.79 Å². The van der Waals surface area contributed by atoms with Gasteiger partial charge in [0.1, 0.15) is 0 Å². The fraction of sp³-hybridized carbons (Fsp3) is 0.667. The van der Waals surface area contributed by atoms with E-state index in [1.807, 2.05) is 12.1 Å². The molecule has 0 aromatic carbocycles. The third kappa shape index (κ3) is 4.93. The second-order valence-corrected chi connectivity index (χ2v) is 6.09. The first-order valence-electron chi connectivity index (χ1n) is 7.81. The van der Waals surface area contributed by atoms with E-state index in [4.69, 9.17) is 5.73 Å². The van der Waals surface area contributed by atoms with Crippen molar-refractivity contribution in [3.63, 3.8) is 0 Å². The Morgan fingerprint density at radius 1 is 1.35 bits per heavy atom. The molecule has 3 unspecified atom stereocenters. The van der Waals surface area contributed by atoms with Gasteiger partial charge in [-0.15, -0.1) is 29.9 Å². The predicted molar refractivity (Wildman–Crippen MR) is 95.2 cm³/mol. The van der Waals surface area contributed by atoms with Gasteiger partial charge in [-0.05, 0) is 44.2 Å². The highest BCUT2D eigenvalue weighted by atomic mass is 35.5. The van der Waals surface area contributed by atoms with Crippen molar-refractivity contribution in [3.8, 4) is 0 Å². The number of rotatable bonds is 4. The average Bonchev–Trinajstić information content (AvgIpc) is 3.14. The predicted octanol–water partition coefficient (Wildman–Crippen LogP) is 1.53. The fourth-order valence-electron chi connectivity index (χ4n) is 3.41. The van der Waals surface area contributed by atoms with Gasteiger partial charge in [0.15, 0.2) is 5.82 Å². The third-order valence-electron chi connectivity index (χ3n) is 4.59. The zero-order valence-electron chi connectivity index (χ0n) is 13.1. The first-order valence-corrected chi connectivity index (χ1v) is 7.81. The van der Waals surface area contributed by atoms with Crippen molar-refractivity contribution in [2.45, 2.75) is 44.2 Å². The third-order valence-corrected chi connectivity index (χ3v) is 4.59. The SMILES string of the molecule is Cl.Cl.NC1CCC(C(=O)NCC2CCCN2c2cccnn2)C1. The minimum Gasteiger partial charge on any atom is -0.354 e. The summed E-state index contributed by atoms with van der Waals surface area (Å²) in [6.07, 6.45) is 6.61. The van der Waals surface area contributed by atoms with Crippen LogP contribution in [0.4, 0.5) is 5.82 Å². The summed E-state index contributed by atoms with van der Waals surface area (Å²) in [5.74, 6) is 1.16. The van der Waals surface area contributed by atoms with E-state index in [0.717, 1.165) is 44.5 Å². The Balaban J connectivity index is 0.00000132. The zero-order valence-corrected chi connectivity index (χ0v) is 14.7. The van der Waals surface area contributed by atoms with Crippen LogP contribution in [0.25, 0.3) is 0 Å². The molecule has 8 heteroatoms. The van der Waals surface area contributed by atoms with Gasteiger partial charge in [0.25, 0.3) is 0 Å². The van der Waals surface area contributed by atoms with Crippen LogP contribution in [-0.4, -0.2) is 41.3 Å². The molecule has 6 nitrogen and oxygen atoms in total. The quantitative estimate of drug-likeness (QED) is 0.849. The number of anilines is 1. The van der Waals surface area contributed by atoms with Crippen LogP contribution in [0, 0.1) is 5.92 Å². The summed E-state index contributed by atoms with van der Waals surface area (Å²) >= 11 is 0. The van der Waals surface area contributed by atoms with Gasteiger partial charge in [-0.1, -0.05) is 0 Å². The highest BCUT2D eigenvalue weighted by Gasteiger charge is 2.30. The number of carbonyl (C=O) groups excluding carboxylic acids is 1. The van der Waals surface area contributed by atoms with E-state index in [0.29, 0.717) is 12.6 Å². The van der Waals surface area contributed by atoms with E-state index in [-0.39, 0.29) is 42.7 Å². The molecule has 23 heavy (non-hydrogen) atoms. The number of hydrogen-bond acceptors (Lipinski definition) is 5. The molecule has 3 rings (SSSR count). The van der Waals surface area contributed by atoms with E-state index in [1.165, 1.54) is 0 Å². The van der Waals surface area contributed by atoms with Gasteiger partial charge >= 0.3 is 0 Å². The van der Waals surface area contributed by atoms with Crippen LogP contribution >= 0.6 is 24.8 Å². The van der Waals surface area contributed by atoms with Gasteiger partial charge in [-0.3, -0.25) is 4.79 Å². The highest BCUT2D eigenvalue weighted by Crippen LogP contribution is 2.25. The highest BCUT2D eigenvalue weighted by molar-refractivity contribution is 5.85. The molecular formula is C15H25Cl2N5O. The molecular weight excluding hydrogens is 337 g/mol. The number of nitrogens with zero attached hydrogens (tertiary/aromatic N) is 3. The van der Waals surface area contributed by atoms with Gasteiger partial charge in [-0.25, -0.2) is 0 Å². The maximum absolute atomic E-state index is 12.2. The molecule has 1 aromatic rings. The van der Waals surface area contributed by atoms with Gasteiger partial charge in [-0.2, -0.15) is 5.10 Å². The monoisotopic (exact) mass is 361 g/mol. The Morgan fingerprint density at radius 2 is 2.17 bits per heavy atom. The summed E-state index contributed by atoms with van der Waals surface area (Å²) in [5, 5.41) is 11.2. The van der Waals surface area contributed by atoms with Gasteiger partial charge in [0, 0.05) is 37.3 Å². The topological polar surface area (TPSA) is 84.1 Å². The molecule has 1 saturated heterocycles. The normalized spacial score (nSPS) is 26.3. The minimum absolute atomic E-state index is 0. The van der Waals surface area contributed by atoms with Crippen LogP contribution in [0.1, 0.15) is 32.1 Å². The maximum Gasteiger partial charge on any atom is 0.223 e. The standard InChI is InChI=1S/C15H23N5O.2ClH/c16-12-6-5-11(9-12)15(21)17-10-13-3-2-8-20(13)14-4-1-7-18-19-14;;/h1,4,7,11-13H,2-3,5-6,8-10,16H2,(H,17,21);2*1H. The van der Waals surface area contributed by atoms with Crippen molar-refractivity contribution in [2.75, 3.05) is 18.0 Å². The number of nitrogens with two attached hydrogens (primary N) is 1. The Labute approximate surface area is 149 Å². The van der Waals surface area contributed by atoms with Crippen molar-refractivity contribution in [1.82, 2.24) is 15.5 Å². The van der Waals surface area contributed by atoms with E-state index in [9.17, 15) is 4.79 Å². The molecule has 2 heterocycles. The molecule has 1 amide bonds. The smallest absolute Gasteiger partial charge is 0.223 e. The first kappa shape index (κ1) is 19.9. The Morgan fingerprint density at radius 3 is 2.83 bits per heavy atom. The van der Waals surface area contributed by atoms with E-state index in [1.54, 1.807) is 6.20 Å². The largest absolute Gasteiger partial charge is 0.354 e. The molecule has 0 radical (unpaired) electrons. The number of aromatic nitrogens is 2. The summed E-state index contributed by atoms with van der Waals surface area (Å²) in [6.45, 7) is 1.66. The summed E-state index contributed by atoms with van der Waals surface area (Å²) < 4.78 is 0. The molecule has 3 atom stereocenters. The van der Waals surface area contributed by atoms with Crippen molar-refractivity contribution < 1.29 is 4.79 Å². The molecule has 2 fully saturated rings. The molecule has 3 N–H and O–H groups in total. The van der Waals surface area contributed by atoms with Crippen LogP contribution in [0.5, 0.6) is 0 Å². The van der Waals surface area contributed by atoms with Crippen molar-refractivity contribution >= 4 is 36.5 Å². The van der Waals surface area contributed by atoms with Crippen molar-refractivity contribution in [2.24, 2.45) is 11.7 Å². The first-order chi connectivity index (χ1) is 10.2. The average molecular weight is 362 g/mol. The summed E-state index contributed by atoms with van der Waals surface area (Å²) in [5.41, 5.74) is 5.88. The van der Waals surface area contributed by atoms with Crippen molar-refractivity contribution in [3.05, 3.63) is 18.3 Å². The van der Waals surface area contributed by atoms with Crippen LogP contribution in [0.15, 0.2) is 18.3 Å². The Bertz CT molecular complexity index is 490.